The van der Waals surface area contributed by atoms with E-state index in [0.29, 0.717) is 23.0 Å². The highest BCUT2D eigenvalue weighted by Gasteiger charge is 2.57. The van der Waals surface area contributed by atoms with Crippen molar-refractivity contribution in [2.24, 2.45) is 0 Å². The van der Waals surface area contributed by atoms with Crippen molar-refractivity contribution in [2.45, 2.75) is 31.3 Å². The molecule has 2 aliphatic rings. The Labute approximate surface area is 163 Å². The minimum absolute atomic E-state index is 0.0703. The van der Waals surface area contributed by atoms with Crippen molar-refractivity contribution in [3.63, 3.8) is 0 Å². The summed E-state index contributed by atoms with van der Waals surface area (Å²) in [7, 11) is 0. The van der Waals surface area contributed by atoms with Crippen LogP contribution in [0.5, 0.6) is 0 Å². The van der Waals surface area contributed by atoms with Gasteiger partial charge in [0.1, 0.15) is 5.66 Å². The maximum absolute atomic E-state index is 12.3. The molecule has 0 spiro atoms. The summed E-state index contributed by atoms with van der Waals surface area (Å²) in [5.41, 5.74) is 2.46. The first-order valence-electron chi connectivity index (χ1n) is 8.68. The topological polar surface area (TPSA) is 32.3 Å². The smallest absolute Gasteiger partial charge is 0.223 e. The summed E-state index contributed by atoms with van der Waals surface area (Å²) in [6, 6.07) is 13.9. The molecule has 4 rings (SSSR count). The number of rotatable bonds is 2. The van der Waals surface area contributed by atoms with Crippen LogP contribution < -0.4 is 10.2 Å². The summed E-state index contributed by atoms with van der Waals surface area (Å²) in [5.74, 6) is 0.0703. The molecule has 0 radical (unpaired) electrons. The van der Waals surface area contributed by atoms with Gasteiger partial charge in [-0.15, -0.1) is 0 Å². The van der Waals surface area contributed by atoms with Gasteiger partial charge in [0.05, 0.1) is 10.0 Å². The van der Waals surface area contributed by atoms with E-state index in [2.05, 4.69) is 48.3 Å². The molecule has 0 unspecified atom stereocenters. The van der Waals surface area contributed by atoms with Crippen LogP contribution in [-0.4, -0.2) is 18.1 Å². The van der Waals surface area contributed by atoms with Gasteiger partial charge in [0, 0.05) is 24.1 Å². The molecule has 1 fully saturated rings. The maximum Gasteiger partial charge on any atom is 0.223 e. The zero-order valence-corrected chi connectivity index (χ0v) is 16.2. The minimum Gasteiger partial charge on any atom is -0.344 e. The van der Waals surface area contributed by atoms with E-state index >= 15 is 0 Å². The predicted molar refractivity (Wildman–Crippen MR) is 108 cm³/mol. The number of hydrogen-bond acceptors (Lipinski definition) is 2. The van der Waals surface area contributed by atoms with Crippen molar-refractivity contribution in [2.75, 3.05) is 11.4 Å². The molecule has 5 heteroatoms. The fourth-order valence-corrected chi connectivity index (χ4v) is 4.46. The van der Waals surface area contributed by atoms with E-state index in [1.807, 2.05) is 24.3 Å². The summed E-state index contributed by atoms with van der Waals surface area (Å²) in [6.07, 6.45) is 4.59. The Morgan fingerprint density at radius 1 is 1.12 bits per heavy atom. The predicted octanol–water partition coefficient (Wildman–Crippen LogP) is 5.02. The maximum atomic E-state index is 12.3. The number of carbonyl (C=O) groups is 1. The molecule has 0 aromatic heterocycles. The minimum atomic E-state index is -0.613. The third-order valence-electron chi connectivity index (χ3n) is 5.60. The number of benzene rings is 2. The second-order valence-electron chi connectivity index (χ2n) is 7.37. The highest BCUT2D eigenvalue weighted by molar-refractivity contribution is 6.42. The van der Waals surface area contributed by atoms with E-state index < -0.39 is 5.66 Å². The fraction of sp³-hybridized carbons (Fsp3) is 0.286. The second-order valence-corrected chi connectivity index (χ2v) is 8.18. The molecule has 2 aromatic rings. The molecule has 0 aliphatic carbocycles. The monoisotopic (exact) mass is 386 g/mol. The number of nitrogens with one attached hydrogen (secondary N) is 1. The third kappa shape index (κ3) is 2.45. The summed E-state index contributed by atoms with van der Waals surface area (Å²) >= 11 is 12.2. The van der Waals surface area contributed by atoms with Gasteiger partial charge < -0.3 is 10.2 Å². The molecule has 3 nitrogen and oxygen atoms in total. The Hall–Kier alpha value is -1.97. The molecule has 134 valence electrons. The van der Waals surface area contributed by atoms with Gasteiger partial charge in [0.25, 0.3) is 0 Å². The summed E-state index contributed by atoms with van der Waals surface area (Å²) in [6.45, 7) is 5.05. The van der Waals surface area contributed by atoms with Crippen LogP contribution in [-0.2, 0) is 10.2 Å². The molecule has 0 saturated carbocycles. The standard InChI is InChI=1S/C21H20Cl2N2O/c1-20(2)15-5-3-4-6-18(15)25-12-10-19(26)24-21(20,25)11-9-14-7-8-16(22)17(23)13-14/h3-9,11,13H,10,12H2,1-2H3,(H,24,26)/b11-9+/t21-/m0/s1. The third-order valence-corrected chi connectivity index (χ3v) is 6.34. The Bertz CT molecular complexity index is 922. The van der Waals surface area contributed by atoms with Crippen molar-refractivity contribution in [3.05, 3.63) is 69.7 Å². The molecule has 1 saturated heterocycles. The van der Waals surface area contributed by atoms with Gasteiger partial charge in [-0.2, -0.15) is 0 Å². The summed E-state index contributed by atoms with van der Waals surface area (Å²) < 4.78 is 0. The molecular weight excluding hydrogens is 367 g/mol. The molecule has 26 heavy (non-hydrogen) atoms. The molecule has 2 aliphatic heterocycles. The number of hydrogen-bond donors (Lipinski definition) is 1. The van der Waals surface area contributed by atoms with Crippen molar-refractivity contribution < 1.29 is 4.79 Å². The number of fused-ring (bicyclic) bond motifs is 3. The van der Waals surface area contributed by atoms with Crippen molar-refractivity contribution >= 4 is 40.9 Å². The van der Waals surface area contributed by atoms with Gasteiger partial charge in [-0.25, -0.2) is 0 Å². The first-order chi connectivity index (χ1) is 12.3. The Morgan fingerprint density at radius 2 is 1.88 bits per heavy atom. The fourth-order valence-electron chi connectivity index (χ4n) is 4.15. The van der Waals surface area contributed by atoms with Crippen LogP contribution in [0, 0.1) is 0 Å². The van der Waals surface area contributed by atoms with Crippen LogP contribution in [0.15, 0.2) is 48.5 Å². The van der Waals surface area contributed by atoms with Crippen molar-refractivity contribution in [1.82, 2.24) is 5.32 Å². The zero-order chi connectivity index (χ0) is 18.5. The van der Waals surface area contributed by atoms with Gasteiger partial charge >= 0.3 is 0 Å². The van der Waals surface area contributed by atoms with Crippen LogP contribution in [0.25, 0.3) is 6.08 Å². The van der Waals surface area contributed by atoms with E-state index in [4.69, 9.17) is 23.2 Å². The molecule has 2 aromatic carbocycles. The highest BCUT2D eigenvalue weighted by atomic mass is 35.5. The Balaban J connectivity index is 1.83. The lowest BCUT2D eigenvalue weighted by Gasteiger charge is -2.49. The van der Waals surface area contributed by atoms with Crippen molar-refractivity contribution in [3.8, 4) is 0 Å². The normalized spacial score (nSPS) is 23.7. The average molecular weight is 387 g/mol. The molecule has 1 N–H and O–H groups in total. The van der Waals surface area contributed by atoms with E-state index in [1.54, 1.807) is 6.07 Å². The SMILES string of the molecule is CC1(C)c2ccccc2N2CCC(=O)N[C@@]21/C=C/c1ccc(Cl)c(Cl)c1. The molecule has 1 amide bonds. The largest absolute Gasteiger partial charge is 0.344 e. The second kappa shape index (κ2) is 6.04. The number of halogens is 2. The van der Waals surface area contributed by atoms with E-state index in [1.165, 1.54) is 11.3 Å². The number of anilines is 1. The van der Waals surface area contributed by atoms with Crippen LogP contribution in [0.4, 0.5) is 5.69 Å². The first kappa shape index (κ1) is 17.4. The number of para-hydroxylation sites is 1. The van der Waals surface area contributed by atoms with Gasteiger partial charge in [-0.3, -0.25) is 4.79 Å². The highest BCUT2D eigenvalue weighted by Crippen LogP contribution is 2.52. The number of amides is 1. The van der Waals surface area contributed by atoms with Crippen LogP contribution in [0.2, 0.25) is 10.0 Å². The van der Waals surface area contributed by atoms with Crippen LogP contribution in [0.3, 0.4) is 0 Å². The summed E-state index contributed by atoms with van der Waals surface area (Å²) in [5, 5.41) is 4.32. The quantitative estimate of drug-likeness (QED) is 0.785. The Morgan fingerprint density at radius 3 is 2.65 bits per heavy atom. The number of carbonyl (C=O) groups excluding carboxylic acids is 1. The van der Waals surface area contributed by atoms with Gasteiger partial charge in [-0.05, 0) is 35.4 Å². The summed E-state index contributed by atoms with van der Waals surface area (Å²) in [4.78, 5) is 14.7. The van der Waals surface area contributed by atoms with Gasteiger partial charge in [0.15, 0.2) is 0 Å². The molecule has 2 heterocycles. The lowest BCUT2D eigenvalue weighted by molar-refractivity contribution is -0.124. The van der Waals surface area contributed by atoms with Gasteiger partial charge in [0.2, 0.25) is 5.91 Å². The van der Waals surface area contributed by atoms with E-state index in [-0.39, 0.29) is 11.3 Å². The average Bonchev–Trinajstić information content (AvgIpc) is 2.81. The molecule has 0 bridgehead atoms. The van der Waals surface area contributed by atoms with E-state index in [9.17, 15) is 4.79 Å². The lowest BCUT2D eigenvalue weighted by atomic mass is 9.74. The Kier molecular flexibility index (Phi) is 4.05. The van der Waals surface area contributed by atoms with Crippen LogP contribution in [0.1, 0.15) is 31.4 Å². The van der Waals surface area contributed by atoms with Crippen molar-refractivity contribution in [1.29, 1.82) is 0 Å². The number of nitrogens with zero attached hydrogens (tertiary/aromatic N) is 1. The zero-order valence-electron chi connectivity index (χ0n) is 14.7. The van der Waals surface area contributed by atoms with E-state index in [0.717, 1.165) is 5.56 Å². The van der Waals surface area contributed by atoms with Crippen LogP contribution >= 0.6 is 23.2 Å². The lowest BCUT2D eigenvalue weighted by Crippen LogP contribution is -2.68. The van der Waals surface area contributed by atoms with Gasteiger partial charge in [-0.1, -0.05) is 67.4 Å². The first-order valence-corrected chi connectivity index (χ1v) is 9.43. The molecule has 1 atom stereocenters. The molecular formula is C21H20Cl2N2O.